The monoisotopic (exact) mass is 907 g/mol. The first-order chi connectivity index (χ1) is 27.1. The first-order valence-electron chi connectivity index (χ1n) is 16.7. The van der Waals surface area contributed by atoms with Crippen molar-refractivity contribution < 1.29 is 97.2 Å². The summed E-state index contributed by atoms with van der Waals surface area (Å²) in [5, 5.41) is 0. The van der Waals surface area contributed by atoms with E-state index in [1.165, 1.54) is 10.6 Å². The second kappa shape index (κ2) is 17.6. The van der Waals surface area contributed by atoms with Crippen LogP contribution in [0.25, 0.3) is 0 Å². The fourth-order valence-corrected chi connectivity index (χ4v) is 8.82. The van der Waals surface area contributed by atoms with Crippen LogP contribution in [0.2, 0.25) is 5.94 Å². The molecule has 332 valence electrons. The number of alkyl halides is 18. The average molecular weight is 908 g/mol. The topological polar surface area (TPSA) is 32.1 Å². The summed E-state index contributed by atoms with van der Waals surface area (Å²) in [4.78, 5) is 1.37. The third kappa shape index (κ3) is 11.8. The SMILES string of the molecule is CO[Si](C[B-](c1cc(C(F)(F)F)cc(C(F)(F)F)c1)(c1cc(C(F)(F)F)cc(C(F)(F)F)c1)c1cc(C(F)(F)F)cc(C(F)(F)F)c1)(OC)OC.C[NH+](C)c1ccccc1. The molecule has 4 aromatic carbocycles. The number of hydrogen-bond donors (Lipinski definition) is 1. The van der Waals surface area contributed by atoms with Crippen LogP contribution < -0.4 is 21.3 Å². The number of hydrogen-bond acceptors (Lipinski definition) is 3. The molecular formula is C36H32BF18NO3Si. The minimum Gasteiger partial charge on any atom is -0.379 e. The van der Waals surface area contributed by atoms with E-state index in [1.54, 1.807) is 0 Å². The van der Waals surface area contributed by atoms with Gasteiger partial charge in [0.1, 0.15) is 5.69 Å². The van der Waals surface area contributed by atoms with Gasteiger partial charge in [-0.2, -0.15) is 95.4 Å². The molecule has 0 aliphatic rings. The Morgan fingerprint density at radius 2 is 0.650 bits per heavy atom. The number of nitrogens with one attached hydrogen (secondary N) is 1. The molecule has 0 aliphatic carbocycles. The maximum Gasteiger partial charge on any atom is 0.464 e. The van der Waals surface area contributed by atoms with Gasteiger partial charge in [0.05, 0.1) is 53.6 Å². The van der Waals surface area contributed by atoms with Crippen LogP contribution in [-0.4, -0.2) is 50.4 Å². The lowest BCUT2D eigenvalue weighted by Crippen LogP contribution is -3.00. The second-order valence-electron chi connectivity index (χ2n) is 13.4. The van der Waals surface area contributed by atoms with Gasteiger partial charge in [0.2, 0.25) is 0 Å². The first kappa shape index (κ1) is 50.1. The van der Waals surface area contributed by atoms with Crippen LogP contribution in [0.15, 0.2) is 84.9 Å². The maximum absolute atomic E-state index is 14.1. The van der Waals surface area contributed by atoms with Crippen LogP contribution in [0.3, 0.4) is 0 Å². The van der Waals surface area contributed by atoms with E-state index in [2.05, 4.69) is 38.4 Å². The minimum absolute atomic E-state index is 0.240. The molecule has 0 heterocycles. The van der Waals surface area contributed by atoms with E-state index in [4.69, 9.17) is 13.3 Å². The smallest absolute Gasteiger partial charge is 0.379 e. The number of benzene rings is 4. The Hall–Kier alpha value is -4.26. The fraction of sp³-hybridized carbons (Fsp3) is 0.333. The molecule has 60 heavy (non-hydrogen) atoms. The van der Waals surface area contributed by atoms with Gasteiger partial charge in [-0.15, -0.1) is 0 Å². The molecule has 0 unspecified atom stereocenters. The average Bonchev–Trinajstić information content (AvgIpc) is 3.13. The van der Waals surface area contributed by atoms with Gasteiger partial charge in [-0.3, -0.25) is 0 Å². The van der Waals surface area contributed by atoms with E-state index in [0.29, 0.717) is 21.3 Å². The largest absolute Gasteiger partial charge is 0.464 e. The van der Waals surface area contributed by atoms with Gasteiger partial charge in [-0.1, -0.05) is 60.5 Å². The standard InChI is InChI=1S/C28H20BF18O3Si.C8H11N/c1-48-51(49-2,50-3)13-29(20-7-14(23(30,31)32)4-15(8-20)24(33,34)35,21-9-16(25(36,37)38)5-17(10-21)26(39,40)41)22-11-18(27(42,43)44)6-19(12-22)28(45,46)47;1-9(2)8-6-4-3-5-7-8/h4-12H,13H2,1-3H3;3-7H,1-2H3/q-1;/p+1. The summed E-state index contributed by atoms with van der Waals surface area (Å²) in [6.45, 7) is 0. The van der Waals surface area contributed by atoms with Crippen LogP contribution in [0.1, 0.15) is 33.4 Å². The Kier molecular flexibility index (Phi) is 14.7. The number of halogens is 18. The predicted octanol–water partition coefficient (Wildman–Crippen LogP) is 9.15. The number of quaternary nitrogens is 1. The molecule has 4 aromatic rings. The zero-order valence-corrected chi connectivity index (χ0v) is 32.4. The van der Waals surface area contributed by atoms with Crippen molar-refractivity contribution in [3.8, 4) is 0 Å². The molecular weight excluding hydrogens is 875 g/mol. The van der Waals surface area contributed by atoms with E-state index < -0.39 is 126 Å². The molecule has 0 saturated heterocycles. The van der Waals surface area contributed by atoms with Gasteiger partial charge >= 0.3 is 45.9 Å². The van der Waals surface area contributed by atoms with Gasteiger partial charge in [0.15, 0.2) is 0 Å². The van der Waals surface area contributed by atoms with Crippen molar-refractivity contribution >= 4 is 37.0 Å². The van der Waals surface area contributed by atoms with E-state index in [0.717, 1.165) is 0 Å². The third-order valence-corrected chi connectivity index (χ3v) is 12.4. The van der Waals surface area contributed by atoms with E-state index in [9.17, 15) is 79.0 Å². The third-order valence-electron chi connectivity index (χ3n) is 9.38. The highest BCUT2D eigenvalue weighted by atomic mass is 28.4. The molecule has 4 rings (SSSR count). The first-order valence-corrected chi connectivity index (χ1v) is 18.7. The summed E-state index contributed by atoms with van der Waals surface area (Å²) < 4.78 is 270. The molecule has 0 aromatic heterocycles. The molecule has 24 heteroatoms. The molecule has 4 nitrogen and oxygen atoms in total. The van der Waals surface area contributed by atoms with E-state index in [-0.39, 0.29) is 36.4 Å². The quantitative estimate of drug-likeness (QED) is 0.135. The highest BCUT2D eigenvalue weighted by Crippen LogP contribution is 2.40. The van der Waals surface area contributed by atoms with Gasteiger partial charge in [-0.25, -0.2) is 0 Å². The second-order valence-corrected chi connectivity index (χ2v) is 16.4. The van der Waals surface area contributed by atoms with Crippen molar-refractivity contribution in [2.75, 3.05) is 35.4 Å². The fourth-order valence-electron chi connectivity index (χ4n) is 6.37. The zero-order chi connectivity index (χ0) is 46.1. The van der Waals surface area contributed by atoms with Crippen molar-refractivity contribution in [2.24, 2.45) is 0 Å². The van der Waals surface area contributed by atoms with Gasteiger partial charge < -0.3 is 18.2 Å². The Bertz CT molecular complexity index is 1790. The molecule has 0 aliphatic heterocycles. The Labute approximate surface area is 330 Å². The zero-order valence-electron chi connectivity index (χ0n) is 31.4. The molecule has 0 bridgehead atoms. The van der Waals surface area contributed by atoms with Gasteiger partial charge in [0, 0.05) is 21.3 Å². The predicted molar refractivity (Wildman–Crippen MR) is 184 cm³/mol. The molecule has 0 amide bonds. The number of rotatable bonds is 9. The summed E-state index contributed by atoms with van der Waals surface area (Å²) in [5.74, 6) is -1.60. The molecule has 0 saturated carbocycles. The van der Waals surface area contributed by atoms with Crippen LogP contribution in [0.5, 0.6) is 0 Å². The molecule has 0 radical (unpaired) electrons. The minimum atomic E-state index is -5.79. The lowest BCUT2D eigenvalue weighted by molar-refractivity contribution is -0.786. The lowest BCUT2D eigenvalue weighted by Gasteiger charge is -2.47. The summed E-state index contributed by atoms with van der Waals surface area (Å²) in [6, 6.07) is 7.37. The normalized spacial score (nSPS) is 13.7. The maximum atomic E-state index is 14.1. The summed E-state index contributed by atoms with van der Waals surface area (Å²) in [5.41, 5.74) is -17.1. The number of para-hydroxylation sites is 1. The molecule has 0 fully saturated rings. The van der Waals surface area contributed by atoms with Gasteiger partial charge in [-0.05, 0) is 30.3 Å². The van der Waals surface area contributed by atoms with Crippen LogP contribution in [-0.2, 0) is 50.3 Å². The highest BCUT2D eigenvalue weighted by Gasteiger charge is 2.50. The van der Waals surface area contributed by atoms with E-state index in [1.807, 2.05) is 6.07 Å². The highest BCUT2D eigenvalue weighted by molar-refractivity contribution is 7.16. The molecule has 1 N–H and O–H groups in total. The van der Waals surface area contributed by atoms with Crippen molar-refractivity contribution in [1.29, 1.82) is 0 Å². The van der Waals surface area contributed by atoms with Crippen LogP contribution >= 0.6 is 0 Å². The molecule has 0 atom stereocenters. The summed E-state index contributed by atoms with van der Waals surface area (Å²) in [6.07, 6.45) is -39.5. The van der Waals surface area contributed by atoms with Crippen LogP contribution in [0, 0.1) is 0 Å². The Morgan fingerprint density at radius 3 is 0.817 bits per heavy atom. The van der Waals surface area contributed by atoms with Crippen molar-refractivity contribution in [1.82, 2.24) is 0 Å². The lowest BCUT2D eigenvalue weighted by atomic mass is 9.16. The Morgan fingerprint density at radius 1 is 0.417 bits per heavy atom. The van der Waals surface area contributed by atoms with Crippen molar-refractivity contribution in [2.45, 2.75) is 43.0 Å². The summed E-state index contributed by atoms with van der Waals surface area (Å²) >= 11 is 0. The van der Waals surface area contributed by atoms with E-state index >= 15 is 0 Å². The summed E-state index contributed by atoms with van der Waals surface area (Å²) in [7, 11) is 1.37. The molecule has 0 spiro atoms. The van der Waals surface area contributed by atoms with Crippen LogP contribution in [0.4, 0.5) is 84.7 Å². The van der Waals surface area contributed by atoms with Crippen molar-refractivity contribution in [3.05, 3.63) is 118 Å². The Balaban J connectivity index is 0.000000940. The van der Waals surface area contributed by atoms with Gasteiger partial charge in [0.25, 0.3) is 0 Å². The van der Waals surface area contributed by atoms with Crippen molar-refractivity contribution in [3.63, 3.8) is 0 Å².